The number of hydrogen-bond acceptors (Lipinski definition) is 6. The average molecular weight is 539 g/mol. The van der Waals surface area contributed by atoms with E-state index in [1.54, 1.807) is 0 Å². The summed E-state index contributed by atoms with van der Waals surface area (Å²) < 4.78 is 89.4. The molecule has 4 heterocycles. The number of ether oxygens (including phenoxy) is 1. The zero-order valence-corrected chi connectivity index (χ0v) is 19.8. The van der Waals surface area contributed by atoms with E-state index in [0.29, 0.717) is 17.7 Å². The number of nitrogens with zero attached hydrogens (tertiary/aromatic N) is 2. The highest BCUT2D eigenvalue weighted by Gasteiger charge is 2.45. The molecule has 5 rings (SSSR count). The van der Waals surface area contributed by atoms with Gasteiger partial charge in [0.2, 0.25) is 5.88 Å². The van der Waals surface area contributed by atoms with E-state index in [1.807, 2.05) is 0 Å². The number of halogens is 6. The fourth-order valence-corrected chi connectivity index (χ4v) is 4.96. The van der Waals surface area contributed by atoms with Gasteiger partial charge in [-0.05, 0) is 30.7 Å². The summed E-state index contributed by atoms with van der Waals surface area (Å²) in [5.41, 5.74) is 5.72. The summed E-state index contributed by atoms with van der Waals surface area (Å²) in [4.78, 5) is 18.9. The molecule has 3 aliphatic heterocycles. The molecule has 1 fully saturated rings. The SMILES string of the molecule is NC1C[C@@H](C(F)(F)F)CN(c2c(NC(=O)C3C=CC(F)=C(c4c(F)cccc4F)N3)cnc3c2CCO3)C1. The van der Waals surface area contributed by atoms with E-state index in [0.717, 1.165) is 30.4 Å². The van der Waals surface area contributed by atoms with E-state index in [9.17, 15) is 31.1 Å². The second-order valence-electron chi connectivity index (χ2n) is 9.33. The zero-order chi connectivity index (χ0) is 27.2. The van der Waals surface area contributed by atoms with Crippen molar-refractivity contribution in [3.63, 3.8) is 0 Å². The van der Waals surface area contributed by atoms with Crippen LogP contribution >= 0.6 is 0 Å². The van der Waals surface area contributed by atoms with Crippen molar-refractivity contribution in [1.82, 2.24) is 10.3 Å². The summed E-state index contributed by atoms with van der Waals surface area (Å²) in [5, 5.41) is 5.13. The van der Waals surface area contributed by atoms with Crippen LogP contribution in [0.5, 0.6) is 5.88 Å². The molecule has 0 saturated carbocycles. The van der Waals surface area contributed by atoms with Crippen LogP contribution in [0.3, 0.4) is 0 Å². The zero-order valence-electron chi connectivity index (χ0n) is 19.8. The molecule has 3 atom stereocenters. The third-order valence-corrected chi connectivity index (χ3v) is 6.69. The maximum Gasteiger partial charge on any atom is 0.393 e. The van der Waals surface area contributed by atoms with E-state index in [2.05, 4.69) is 15.6 Å². The number of carbonyl (C=O) groups excluding carboxylic acids is 1. The molecular formula is C25H23F6N5O2. The van der Waals surface area contributed by atoms with Crippen molar-refractivity contribution in [2.24, 2.45) is 11.7 Å². The van der Waals surface area contributed by atoms with Gasteiger partial charge >= 0.3 is 6.18 Å². The Balaban J connectivity index is 1.43. The first kappa shape index (κ1) is 25.9. The highest BCUT2D eigenvalue weighted by Crippen LogP contribution is 2.42. The minimum atomic E-state index is -4.46. The summed E-state index contributed by atoms with van der Waals surface area (Å²) >= 11 is 0. The van der Waals surface area contributed by atoms with Gasteiger partial charge in [-0.15, -0.1) is 0 Å². The number of hydrogen-bond donors (Lipinski definition) is 3. The number of fused-ring (bicyclic) bond motifs is 1. The van der Waals surface area contributed by atoms with Crippen molar-refractivity contribution in [3.05, 3.63) is 65.1 Å². The number of anilines is 2. The van der Waals surface area contributed by atoms with Gasteiger partial charge in [0.25, 0.3) is 5.91 Å². The molecular weight excluding hydrogens is 516 g/mol. The number of aromatic nitrogens is 1. The third-order valence-electron chi connectivity index (χ3n) is 6.69. The number of rotatable bonds is 4. The highest BCUT2D eigenvalue weighted by molar-refractivity contribution is 6.00. The molecule has 0 aliphatic carbocycles. The normalized spacial score (nSPS) is 23.1. The number of piperidine rings is 1. The second-order valence-corrected chi connectivity index (χ2v) is 9.33. The Morgan fingerprint density at radius 2 is 1.92 bits per heavy atom. The lowest BCUT2D eigenvalue weighted by molar-refractivity contribution is -0.177. The fourth-order valence-electron chi connectivity index (χ4n) is 4.96. The van der Waals surface area contributed by atoms with E-state index >= 15 is 0 Å². The van der Waals surface area contributed by atoms with Crippen molar-refractivity contribution in [2.45, 2.75) is 31.1 Å². The predicted molar refractivity (Wildman–Crippen MR) is 127 cm³/mol. The van der Waals surface area contributed by atoms with Crippen LogP contribution in [0.15, 0.2) is 42.4 Å². The molecule has 0 radical (unpaired) electrons. The lowest BCUT2D eigenvalue weighted by Gasteiger charge is -2.39. The molecule has 0 spiro atoms. The lowest BCUT2D eigenvalue weighted by atomic mass is 9.93. The van der Waals surface area contributed by atoms with Gasteiger partial charge in [0.15, 0.2) is 0 Å². The average Bonchev–Trinajstić information content (AvgIpc) is 3.32. The largest absolute Gasteiger partial charge is 0.477 e. The fraction of sp³-hybridized carbons (Fsp3) is 0.360. The van der Waals surface area contributed by atoms with Gasteiger partial charge in [0.1, 0.15) is 23.5 Å². The third kappa shape index (κ3) is 4.89. The van der Waals surface area contributed by atoms with Gasteiger partial charge in [-0.2, -0.15) is 13.2 Å². The number of nitrogens with one attached hydrogen (secondary N) is 2. The van der Waals surface area contributed by atoms with Crippen LogP contribution < -0.4 is 26.0 Å². The highest BCUT2D eigenvalue weighted by atomic mass is 19.4. The maximum atomic E-state index is 14.5. The lowest BCUT2D eigenvalue weighted by Crippen LogP contribution is -2.51. The molecule has 3 aliphatic rings. The van der Waals surface area contributed by atoms with Gasteiger partial charge in [-0.3, -0.25) is 4.79 Å². The van der Waals surface area contributed by atoms with E-state index in [1.165, 1.54) is 11.1 Å². The van der Waals surface area contributed by atoms with Crippen molar-refractivity contribution in [1.29, 1.82) is 0 Å². The Bertz CT molecular complexity index is 1310. The van der Waals surface area contributed by atoms with E-state index < -0.39 is 58.8 Å². The summed E-state index contributed by atoms with van der Waals surface area (Å²) in [6, 6.07) is 1.01. The molecule has 0 bridgehead atoms. The van der Waals surface area contributed by atoms with Crippen LogP contribution in [0.4, 0.5) is 37.7 Å². The topological polar surface area (TPSA) is 92.5 Å². The first-order valence-corrected chi connectivity index (χ1v) is 11.8. The Morgan fingerprint density at radius 3 is 2.63 bits per heavy atom. The molecule has 7 nitrogen and oxygen atoms in total. The maximum absolute atomic E-state index is 14.5. The van der Waals surface area contributed by atoms with Crippen LogP contribution in [-0.2, 0) is 11.2 Å². The molecule has 202 valence electrons. The van der Waals surface area contributed by atoms with Crippen LogP contribution in [0, 0.1) is 17.6 Å². The Kier molecular flexibility index (Phi) is 6.72. The minimum Gasteiger partial charge on any atom is -0.477 e. The quantitative estimate of drug-likeness (QED) is 0.512. The number of pyridine rings is 1. The molecule has 2 unspecified atom stereocenters. The van der Waals surface area contributed by atoms with Crippen molar-refractivity contribution in [2.75, 3.05) is 29.9 Å². The number of dihydropyridines is 1. The van der Waals surface area contributed by atoms with Gasteiger partial charge < -0.3 is 26.0 Å². The van der Waals surface area contributed by atoms with Gasteiger partial charge in [0.05, 0.1) is 41.4 Å². The number of allylic oxidation sites excluding steroid dienone is 2. The number of alkyl halides is 3. The first-order chi connectivity index (χ1) is 18.0. The van der Waals surface area contributed by atoms with Crippen molar-refractivity contribution < 1.29 is 35.9 Å². The number of nitrogens with two attached hydrogens (primary N) is 1. The molecule has 1 saturated heterocycles. The molecule has 1 amide bonds. The summed E-state index contributed by atoms with van der Waals surface area (Å²) in [6.45, 7) is 0.00475. The molecule has 1 aromatic carbocycles. The van der Waals surface area contributed by atoms with Gasteiger partial charge in [-0.1, -0.05) is 6.07 Å². The first-order valence-electron chi connectivity index (χ1n) is 11.8. The Labute approximate surface area is 213 Å². The minimum absolute atomic E-state index is 0.109. The summed E-state index contributed by atoms with van der Waals surface area (Å²) in [5.74, 6) is -5.20. The molecule has 1 aromatic heterocycles. The number of benzene rings is 1. The molecule has 38 heavy (non-hydrogen) atoms. The Morgan fingerprint density at radius 1 is 1.18 bits per heavy atom. The number of carbonyl (C=O) groups is 1. The standard InChI is InChI=1S/C25H23F6N5O2/c26-15-2-1-3-16(27)20(15)21-17(28)4-5-18(34-21)23(37)35-19-9-33-24-14(6-7-38-24)22(19)36-10-12(25(29,30)31)8-13(32)11-36/h1-5,9,12-13,18,34H,6-8,10-11,32H2,(H,35,37)/t12-,13?,18?/m1/s1. The molecule has 2 aromatic rings. The monoisotopic (exact) mass is 539 g/mol. The predicted octanol–water partition coefficient (Wildman–Crippen LogP) is 3.82. The van der Waals surface area contributed by atoms with Gasteiger partial charge in [-0.25, -0.2) is 18.2 Å². The number of amides is 1. The molecule has 4 N–H and O–H groups in total. The van der Waals surface area contributed by atoms with Crippen molar-refractivity contribution >= 4 is 23.0 Å². The smallest absolute Gasteiger partial charge is 0.393 e. The van der Waals surface area contributed by atoms with Gasteiger partial charge in [0, 0.05) is 31.1 Å². The summed E-state index contributed by atoms with van der Waals surface area (Å²) in [6.07, 6.45) is -0.994. The van der Waals surface area contributed by atoms with Crippen LogP contribution in [0.2, 0.25) is 0 Å². The van der Waals surface area contributed by atoms with E-state index in [-0.39, 0.29) is 37.7 Å². The van der Waals surface area contributed by atoms with Crippen LogP contribution in [0.1, 0.15) is 17.5 Å². The van der Waals surface area contributed by atoms with E-state index in [4.69, 9.17) is 10.5 Å². The second kappa shape index (κ2) is 9.86. The van der Waals surface area contributed by atoms with Crippen molar-refractivity contribution in [3.8, 4) is 5.88 Å². The summed E-state index contributed by atoms with van der Waals surface area (Å²) in [7, 11) is 0. The molecule has 13 heteroatoms. The Hall–Kier alpha value is -3.74. The van der Waals surface area contributed by atoms with Crippen LogP contribution in [-0.4, -0.2) is 48.8 Å². The van der Waals surface area contributed by atoms with Crippen LogP contribution in [0.25, 0.3) is 5.70 Å².